The normalized spacial score (nSPS) is 11.4. The Kier molecular flexibility index (Phi) is 3.23. The third-order valence-electron chi connectivity index (χ3n) is 1.80. The van der Waals surface area contributed by atoms with Crippen molar-refractivity contribution in [2.75, 3.05) is 0 Å². The number of hydrogen-bond donors (Lipinski definition) is 2. The highest BCUT2D eigenvalue weighted by Crippen LogP contribution is 2.06. The van der Waals surface area contributed by atoms with E-state index < -0.39 is 5.97 Å². The molecule has 0 aliphatic carbocycles. The van der Waals surface area contributed by atoms with Gasteiger partial charge >= 0.3 is 5.97 Å². The monoisotopic (exact) mass is 193 g/mol. The van der Waals surface area contributed by atoms with E-state index in [1.54, 1.807) is 25.1 Å². The molecule has 2 N–H and O–H groups in total. The number of carboxylic acid groups (broad SMARTS) is 1. The van der Waals surface area contributed by atoms with Gasteiger partial charge < -0.3 is 10.3 Å². The van der Waals surface area contributed by atoms with Crippen LogP contribution in [0.15, 0.2) is 29.4 Å². The van der Waals surface area contributed by atoms with Gasteiger partial charge in [0.2, 0.25) is 0 Å². The first-order valence-corrected chi connectivity index (χ1v) is 4.13. The fourth-order valence-electron chi connectivity index (χ4n) is 1.15. The Hall–Kier alpha value is -1.84. The molecule has 0 aliphatic rings. The van der Waals surface area contributed by atoms with Crippen molar-refractivity contribution in [3.05, 3.63) is 35.4 Å². The van der Waals surface area contributed by atoms with Crippen molar-refractivity contribution < 1.29 is 15.1 Å². The van der Waals surface area contributed by atoms with Crippen LogP contribution in [0.5, 0.6) is 0 Å². The second-order valence-corrected chi connectivity index (χ2v) is 3.02. The third kappa shape index (κ3) is 2.58. The molecule has 1 rings (SSSR count). The molecular weight excluding hydrogens is 182 g/mol. The summed E-state index contributed by atoms with van der Waals surface area (Å²) in [6.07, 6.45) is 0.456. The molecule has 4 nitrogen and oxygen atoms in total. The predicted octanol–water partition coefficient (Wildman–Crippen LogP) is 1.78. The van der Waals surface area contributed by atoms with E-state index in [2.05, 4.69) is 5.16 Å². The topological polar surface area (TPSA) is 69.9 Å². The number of carbonyl (C=O) groups is 1. The van der Waals surface area contributed by atoms with Gasteiger partial charge in [0.25, 0.3) is 0 Å². The zero-order chi connectivity index (χ0) is 10.6. The van der Waals surface area contributed by atoms with Gasteiger partial charge in [-0.15, -0.1) is 0 Å². The summed E-state index contributed by atoms with van der Waals surface area (Å²) < 4.78 is 0. The van der Waals surface area contributed by atoms with Gasteiger partial charge in [-0.05, 0) is 24.6 Å². The molecule has 0 bridgehead atoms. The zero-order valence-corrected chi connectivity index (χ0v) is 7.77. The number of rotatable bonds is 3. The summed E-state index contributed by atoms with van der Waals surface area (Å²) in [5.74, 6) is -0.953. The van der Waals surface area contributed by atoms with E-state index in [1.165, 1.54) is 6.07 Å². The van der Waals surface area contributed by atoms with Gasteiger partial charge in [0.1, 0.15) is 0 Å². The maximum absolute atomic E-state index is 10.6. The largest absolute Gasteiger partial charge is 0.478 e. The molecule has 0 aromatic heterocycles. The molecule has 0 fully saturated rings. The van der Waals surface area contributed by atoms with Gasteiger partial charge in [0.15, 0.2) is 0 Å². The summed E-state index contributed by atoms with van der Waals surface area (Å²) in [6, 6.07) is 6.55. The molecule has 0 atom stereocenters. The molecule has 74 valence electrons. The van der Waals surface area contributed by atoms with Crippen molar-refractivity contribution >= 4 is 11.7 Å². The molecule has 0 saturated heterocycles. The molecule has 0 unspecified atom stereocenters. The van der Waals surface area contributed by atoms with E-state index in [9.17, 15) is 4.79 Å². The molecule has 0 spiro atoms. The van der Waals surface area contributed by atoms with E-state index in [-0.39, 0.29) is 5.56 Å². The fourth-order valence-corrected chi connectivity index (χ4v) is 1.15. The highest BCUT2D eigenvalue weighted by atomic mass is 16.4. The van der Waals surface area contributed by atoms with Crippen LogP contribution in [0.4, 0.5) is 0 Å². The van der Waals surface area contributed by atoms with Crippen molar-refractivity contribution in [3.63, 3.8) is 0 Å². The van der Waals surface area contributed by atoms with Gasteiger partial charge in [0, 0.05) is 6.42 Å². The molecule has 1 aromatic rings. The van der Waals surface area contributed by atoms with Crippen molar-refractivity contribution in [1.82, 2.24) is 0 Å². The fraction of sp³-hybridized carbons (Fsp3) is 0.200. The van der Waals surface area contributed by atoms with Crippen molar-refractivity contribution in [2.24, 2.45) is 5.16 Å². The number of nitrogens with zero attached hydrogens (tertiary/aromatic N) is 1. The smallest absolute Gasteiger partial charge is 0.335 e. The maximum atomic E-state index is 10.6. The summed E-state index contributed by atoms with van der Waals surface area (Å²) in [7, 11) is 0. The van der Waals surface area contributed by atoms with Crippen LogP contribution in [0, 0.1) is 0 Å². The minimum absolute atomic E-state index is 0.244. The quantitative estimate of drug-likeness (QED) is 0.436. The van der Waals surface area contributed by atoms with Crippen LogP contribution in [-0.2, 0) is 6.42 Å². The van der Waals surface area contributed by atoms with Crippen LogP contribution in [-0.4, -0.2) is 22.0 Å². The van der Waals surface area contributed by atoms with Gasteiger partial charge in [-0.25, -0.2) is 4.79 Å². The zero-order valence-electron chi connectivity index (χ0n) is 7.77. The van der Waals surface area contributed by atoms with E-state index in [0.717, 1.165) is 5.56 Å². The first-order chi connectivity index (χ1) is 6.63. The lowest BCUT2D eigenvalue weighted by Gasteiger charge is -2.00. The van der Waals surface area contributed by atoms with Gasteiger partial charge in [0.05, 0.1) is 11.3 Å². The van der Waals surface area contributed by atoms with Crippen LogP contribution in [0.3, 0.4) is 0 Å². The highest BCUT2D eigenvalue weighted by Gasteiger charge is 2.03. The minimum atomic E-state index is -0.953. The van der Waals surface area contributed by atoms with Crippen molar-refractivity contribution in [2.45, 2.75) is 13.3 Å². The van der Waals surface area contributed by atoms with Crippen LogP contribution in [0.25, 0.3) is 0 Å². The van der Waals surface area contributed by atoms with Crippen LogP contribution < -0.4 is 0 Å². The molecular formula is C10H11NO3. The standard InChI is InChI=1S/C10H11NO3/c1-7(11-14)5-8-3-2-4-9(6-8)10(12)13/h2-4,6,14H,5H2,1H3,(H,12,13)/b11-7+. The Morgan fingerprint density at radius 1 is 1.50 bits per heavy atom. The molecule has 0 radical (unpaired) electrons. The van der Waals surface area contributed by atoms with E-state index in [0.29, 0.717) is 12.1 Å². The van der Waals surface area contributed by atoms with Crippen molar-refractivity contribution in [1.29, 1.82) is 0 Å². The molecule has 0 saturated carbocycles. The second kappa shape index (κ2) is 4.41. The van der Waals surface area contributed by atoms with E-state index in [1.807, 2.05) is 0 Å². The Balaban J connectivity index is 2.89. The summed E-state index contributed by atoms with van der Waals surface area (Å²) >= 11 is 0. The van der Waals surface area contributed by atoms with Gasteiger partial charge in [-0.1, -0.05) is 17.3 Å². The predicted molar refractivity (Wildman–Crippen MR) is 52.0 cm³/mol. The molecule has 0 aliphatic heterocycles. The van der Waals surface area contributed by atoms with E-state index in [4.69, 9.17) is 10.3 Å². The Bertz CT molecular complexity index is 371. The maximum Gasteiger partial charge on any atom is 0.335 e. The van der Waals surface area contributed by atoms with E-state index >= 15 is 0 Å². The van der Waals surface area contributed by atoms with Crippen LogP contribution in [0.1, 0.15) is 22.8 Å². The summed E-state index contributed by atoms with van der Waals surface area (Å²) in [5, 5.41) is 20.2. The Morgan fingerprint density at radius 2 is 2.21 bits per heavy atom. The molecule has 1 aromatic carbocycles. The van der Waals surface area contributed by atoms with Gasteiger partial charge in [-0.3, -0.25) is 0 Å². The average molecular weight is 193 g/mol. The SMILES string of the molecule is C/C(Cc1cccc(C(=O)O)c1)=N\O. The molecule has 4 heteroatoms. The molecule has 0 amide bonds. The lowest BCUT2D eigenvalue weighted by molar-refractivity contribution is 0.0697. The third-order valence-corrected chi connectivity index (χ3v) is 1.80. The average Bonchev–Trinajstić information content (AvgIpc) is 2.18. The van der Waals surface area contributed by atoms with Crippen molar-refractivity contribution in [3.8, 4) is 0 Å². The summed E-state index contributed by atoms with van der Waals surface area (Å²) in [6.45, 7) is 1.67. The number of carboxylic acids is 1. The first kappa shape index (κ1) is 10.2. The number of oxime groups is 1. The Labute approximate surface area is 81.5 Å². The van der Waals surface area contributed by atoms with Crippen LogP contribution >= 0.6 is 0 Å². The number of benzene rings is 1. The lowest BCUT2D eigenvalue weighted by Crippen LogP contribution is -2.01. The molecule has 0 heterocycles. The summed E-state index contributed by atoms with van der Waals surface area (Å²) in [4.78, 5) is 10.6. The number of aromatic carboxylic acids is 1. The van der Waals surface area contributed by atoms with Crippen LogP contribution in [0.2, 0.25) is 0 Å². The number of hydrogen-bond acceptors (Lipinski definition) is 3. The first-order valence-electron chi connectivity index (χ1n) is 4.13. The van der Waals surface area contributed by atoms with Gasteiger partial charge in [-0.2, -0.15) is 0 Å². The second-order valence-electron chi connectivity index (χ2n) is 3.02. The lowest BCUT2D eigenvalue weighted by atomic mass is 10.1. The highest BCUT2D eigenvalue weighted by molar-refractivity contribution is 5.89. The molecule has 14 heavy (non-hydrogen) atoms. The summed E-state index contributed by atoms with van der Waals surface area (Å²) in [5.41, 5.74) is 1.61. The minimum Gasteiger partial charge on any atom is -0.478 e. The Morgan fingerprint density at radius 3 is 2.79 bits per heavy atom.